The van der Waals surface area contributed by atoms with Crippen molar-refractivity contribution in [3.63, 3.8) is 0 Å². The molecule has 1 saturated heterocycles. The van der Waals surface area contributed by atoms with E-state index in [9.17, 15) is 4.79 Å². The van der Waals surface area contributed by atoms with Gasteiger partial charge in [0.2, 0.25) is 11.7 Å². The van der Waals surface area contributed by atoms with Crippen LogP contribution < -0.4 is 5.73 Å². The Bertz CT molecular complexity index is 779. The van der Waals surface area contributed by atoms with Crippen molar-refractivity contribution in [2.75, 3.05) is 12.3 Å². The van der Waals surface area contributed by atoms with Crippen LogP contribution in [0.5, 0.6) is 0 Å². The first-order valence-electron chi connectivity index (χ1n) is 8.44. The number of anilines is 1. The van der Waals surface area contributed by atoms with E-state index in [1.165, 1.54) is 0 Å². The van der Waals surface area contributed by atoms with E-state index in [1.807, 2.05) is 45.9 Å². The van der Waals surface area contributed by atoms with E-state index in [0.29, 0.717) is 23.9 Å². The smallest absolute Gasteiger partial charge is 0.410 e. The standard InChI is InChI=1S/C18H24N4O3/c1-11-7-8-12(10-13(11)19)15-20-16(25-21-15)14-6-5-9-22(14)17(23)24-18(2,3)4/h7-8,10,14H,5-6,9,19H2,1-4H3/t14-/m1/s1. The fraction of sp³-hybridized carbons (Fsp3) is 0.500. The summed E-state index contributed by atoms with van der Waals surface area (Å²) in [5.41, 5.74) is 7.89. The van der Waals surface area contributed by atoms with Crippen LogP contribution in [0.15, 0.2) is 22.7 Å². The number of aryl methyl sites for hydroxylation is 1. The van der Waals surface area contributed by atoms with Crippen LogP contribution in [0.2, 0.25) is 0 Å². The minimum atomic E-state index is -0.538. The van der Waals surface area contributed by atoms with Crippen molar-refractivity contribution in [1.29, 1.82) is 0 Å². The summed E-state index contributed by atoms with van der Waals surface area (Å²) in [6.07, 6.45) is 1.30. The number of benzene rings is 1. The number of amides is 1. The Morgan fingerprint density at radius 2 is 2.16 bits per heavy atom. The lowest BCUT2D eigenvalue weighted by Gasteiger charge is -2.26. The molecule has 2 N–H and O–H groups in total. The average molecular weight is 344 g/mol. The summed E-state index contributed by atoms with van der Waals surface area (Å²) in [4.78, 5) is 18.5. The van der Waals surface area contributed by atoms with Crippen LogP contribution in [-0.4, -0.2) is 33.3 Å². The van der Waals surface area contributed by atoms with E-state index in [4.69, 9.17) is 15.0 Å². The first-order valence-corrected chi connectivity index (χ1v) is 8.44. The zero-order valence-corrected chi connectivity index (χ0v) is 15.1. The van der Waals surface area contributed by atoms with Crippen LogP contribution in [0.25, 0.3) is 11.4 Å². The predicted octanol–water partition coefficient (Wildman–Crippen LogP) is 3.70. The van der Waals surface area contributed by atoms with Crippen LogP contribution in [0, 0.1) is 6.92 Å². The fourth-order valence-corrected chi connectivity index (χ4v) is 2.83. The summed E-state index contributed by atoms with van der Waals surface area (Å²) in [5.74, 6) is 0.898. The Balaban J connectivity index is 1.81. The Morgan fingerprint density at radius 1 is 1.40 bits per heavy atom. The lowest BCUT2D eigenvalue weighted by molar-refractivity contribution is 0.0199. The number of hydrogen-bond acceptors (Lipinski definition) is 6. The predicted molar refractivity (Wildman–Crippen MR) is 93.8 cm³/mol. The van der Waals surface area contributed by atoms with Crippen LogP contribution in [0.3, 0.4) is 0 Å². The van der Waals surface area contributed by atoms with E-state index in [1.54, 1.807) is 4.90 Å². The molecule has 134 valence electrons. The van der Waals surface area contributed by atoms with E-state index in [0.717, 1.165) is 24.0 Å². The highest BCUT2D eigenvalue weighted by Gasteiger charge is 2.36. The van der Waals surface area contributed by atoms with Gasteiger partial charge in [-0.05, 0) is 52.2 Å². The molecule has 0 spiro atoms. The molecule has 25 heavy (non-hydrogen) atoms. The Hall–Kier alpha value is -2.57. The fourth-order valence-electron chi connectivity index (χ4n) is 2.83. The van der Waals surface area contributed by atoms with Gasteiger partial charge in [0, 0.05) is 17.8 Å². The molecule has 0 unspecified atom stereocenters. The molecule has 2 aromatic rings. The molecule has 1 fully saturated rings. The lowest BCUT2D eigenvalue weighted by Crippen LogP contribution is -2.36. The molecular formula is C18H24N4O3. The van der Waals surface area contributed by atoms with Crippen molar-refractivity contribution >= 4 is 11.8 Å². The molecule has 1 atom stereocenters. The summed E-state index contributed by atoms with van der Waals surface area (Å²) >= 11 is 0. The molecule has 1 aromatic carbocycles. The highest BCUT2D eigenvalue weighted by molar-refractivity contribution is 5.69. The maximum atomic E-state index is 12.4. The summed E-state index contributed by atoms with van der Waals surface area (Å²) < 4.78 is 10.9. The normalized spacial score (nSPS) is 17.8. The first-order chi connectivity index (χ1) is 11.7. The number of carbonyl (C=O) groups excluding carboxylic acids is 1. The zero-order valence-electron chi connectivity index (χ0n) is 15.1. The van der Waals surface area contributed by atoms with Gasteiger partial charge in [-0.3, -0.25) is 4.90 Å². The van der Waals surface area contributed by atoms with Crippen LogP contribution in [-0.2, 0) is 4.74 Å². The molecule has 3 rings (SSSR count). The van der Waals surface area contributed by atoms with Gasteiger partial charge in [0.15, 0.2) is 0 Å². The van der Waals surface area contributed by atoms with Crippen molar-refractivity contribution in [2.24, 2.45) is 0 Å². The third-order valence-corrected chi connectivity index (χ3v) is 4.15. The number of carbonyl (C=O) groups is 1. The van der Waals surface area contributed by atoms with Crippen molar-refractivity contribution in [2.45, 2.75) is 52.2 Å². The second kappa shape index (κ2) is 6.38. The van der Waals surface area contributed by atoms with Gasteiger partial charge in [-0.2, -0.15) is 4.98 Å². The summed E-state index contributed by atoms with van der Waals surface area (Å²) in [6, 6.07) is 5.40. The SMILES string of the molecule is Cc1ccc(-c2noc([C@H]3CCCN3C(=O)OC(C)(C)C)n2)cc1N. The monoisotopic (exact) mass is 344 g/mol. The number of nitrogens with two attached hydrogens (primary N) is 1. The molecule has 7 heteroatoms. The van der Waals surface area contributed by atoms with Gasteiger partial charge in [0.25, 0.3) is 0 Å². The number of nitrogen functional groups attached to an aromatic ring is 1. The molecule has 0 bridgehead atoms. The molecule has 2 heterocycles. The summed E-state index contributed by atoms with van der Waals surface area (Å²) in [7, 11) is 0. The molecule has 0 saturated carbocycles. The van der Waals surface area contributed by atoms with Crippen molar-refractivity contribution in [3.8, 4) is 11.4 Å². The zero-order chi connectivity index (χ0) is 18.2. The number of ether oxygens (including phenoxy) is 1. The van der Waals surface area contributed by atoms with Crippen LogP contribution in [0.1, 0.15) is 51.1 Å². The summed E-state index contributed by atoms with van der Waals surface area (Å²) in [6.45, 7) is 8.11. The lowest BCUT2D eigenvalue weighted by atomic mass is 10.1. The van der Waals surface area contributed by atoms with Gasteiger partial charge in [0.1, 0.15) is 11.6 Å². The molecule has 1 aromatic heterocycles. The van der Waals surface area contributed by atoms with Crippen molar-refractivity contribution in [1.82, 2.24) is 15.0 Å². The van der Waals surface area contributed by atoms with Gasteiger partial charge in [-0.15, -0.1) is 0 Å². The largest absolute Gasteiger partial charge is 0.444 e. The molecule has 1 amide bonds. The minimum absolute atomic E-state index is 0.251. The number of aromatic nitrogens is 2. The molecule has 1 aliphatic heterocycles. The van der Waals surface area contributed by atoms with Gasteiger partial charge >= 0.3 is 6.09 Å². The molecule has 1 aliphatic rings. The second-order valence-electron chi connectivity index (χ2n) is 7.36. The van der Waals surface area contributed by atoms with Gasteiger partial charge in [-0.25, -0.2) is 4.79 Å². The minimum Gasteiger partial charge on any atom is -0.444 e. The Labute approximate surface area is 147 Å². The van der Waals surface area contributed by atoms with Gasteiger partial charge in [-0.1, -0.05) is 17.3 Å². The van der Waals surface area contributed by atoms with Gasteiger partial charge < -0.3 is 15.0 Å². The first kappa shape index (κ1) is 17.3. The Kier molecular flexibility index (Phi) is 4.41. The third kappa shape index (κ3) is 3.75. The van der Waals surface area contributed by atoms with Crippen molar-refractivity contribution < 1.29 is 14.1 Å². The van der Waals surface area contributed by atoms with Crippen molar-refractivity contribution in [3.05, 3.63) is 29.7 Å². The Morgan fingerprint density at radius 3 is 2.84 bits per heavy atom. The highest BCUT2D eigenvalue weighted by atomic mass is 16.6. The van der Waals surface area contributed by atoms with E-state index < -0.39 is 5.60 Å². The topological polar surface area (TPSA) is 94.5 Å². The van der Waals surface area contributed by atoms with E-state index in [2.05, 4.69) is 10.1 Å². The average Bonchev–Trinajstić information content (AvgIpc) is 3.16. The maximum absolute atomic E-state index is 12.4. The third-order valence-electron chi connectivity index (χ3n) is 4.15. The highest BCUT2D eigenvalue weighted by Crippen LogP contribution is 2.33. The maximum Gasteiger partial charge on any atom is 0.410 e. The number of hydrogen-bond donors (Lipinski definition) is 1. The number of nitrogens with zero attached hydrogens (tertiary/aromatic N) is 3. The van der Waals surface area contributed by atoms with Gasteiger partial charge in [0.05, 0.1) is 0 Å². The number of likely N-dealkylation sites (tertiary alicyclic amines) is 1. The molecule has 0 radical (unpaired) electrons. The van der Waals surface area contributed by atoms with E-state index >= 15 is 0 Å². The molecular weight excluding hydrogens is 320 g/mol. The van der Waals surface area contributed by atoms with Crippen LogP contribution >= 0.6 is 0 Å². The quantitative estimate of drug-likeness (QED) is 0.835. The van der Waals surface area contributed by atoms with Crippen LogP contribution in [0.4, 0.5) is 10.5 Å². The van der Waals surface area contributed by atoms with E-state index in [-0.39, 0.29) is 12.1 Å². The molecule has 7 nitrogen and oxygen atoms in total. The molecule has 0 aliphatic carbocycles. The summed E-state index contributed by atoms with van der Waals surface area (Å²) in [5, 5.41) is 4.05. The number of rotatable bonds is 2. The second-order valence-corrected chi connectivity index (χ2v) is 7.36.